The van der Waals surface area contributed by atoms with E-state index in [1.54, 1.807) is 17.7 Å². The molecule has 1 fully saturated rings. The van der Waals surface area contributed by atoms with Crippen molar-refractivity contribution in [3.05, 3.63) is 52.5 Å². The molecule has 7 nitrogen and oxygen atoms in total. The van der Waals surface area contributed by atoms with Crippen LogP contribution >= 0.6 is 22.9 Å². The zero-order valence-corrected chi connectivity index (χ0v) is 18.1. The summed E-state index contributed by atoms with van der Waals surface area (Å²) in [7, 11) is 0. The molecule has 0 radical (unpaired) electrons. The average molecular weight is 437 g/mol. The highest BCUT2D eigenvalue weighted by molar-refractivity contribution is 7.18. The molecule has 0 bridgehead atoms. The molecule has 0 atom stereocenters. The SMILES string of the molecule is CCc1cc2c(N3CCN(C(=O)c4snnc4-c4ccccc4)CC3)ncnc2s1. The summed E-state index contributed by atoms with van der Waals surface area (Å²) in [6.45, 7) is 4.91. The maximum Gasteiger partial charge on any atom is 0.268 e. The molecule has 1 aliphatic heterocycles. The predicted molar refractivity (Wildman–Crippen MR) is 120 cm³/mol. The van der Waals surface area contributed by atoms with E-state index in [2.05, 4.69) is 37.4 Å². The van der Waals surface area contributed by atoms with Crippen molar-refractivity contribution in [3.8, 4) is 11.3 Å². The van der Waals surface area contributed by atoms with Crippen LogP contribution in [0.5, 0.6) is 0 Å². The molecule has 4 aromatic rings. The van der Waals surface area contributed by atoms with Crippen LogP contribution in [0.15, 0.2) is 42.7 Å². The van der Waals surface area contributed by atoms with Gasteiger partial charge in [-0.2, -0.15) is 0 Å². The van der Waals surface area contributed by atoms with Gasteiger partial charge in [-0.3, -0.25) is 4.79 Å². The summed E-state index contributed by atoms with van der Waals surface area (Å²) in [5.74, 6) is 0.965. The van der Waals surface area contributed by atoms with Crippen LogP contribution in [0.1, 0.15) is 21.5 Å². The number of carbonyl (C=O) groups is 1. The third-order valence-electron chi connectivity index (χ3n) is 5.30. The quantitative estimate of drug-likeness (QED) is 0.485. The highest BCUT2D eigenvalue weighted by Crippen LogP contribution is 2.31. The minimum Gasteiger partial charge on any atom is -0.352 e. The first kappa shape index (κ1) is 19.1. The fourth-order valence-electron chi connectivity index (χ4n) is 3.70. The predicted octanol–water partition coefficient (Wildman–Crippen LogP) is 3.73. The van der Waals surface area contributed by atoms with Crippen molar-refractivity contribution in [2.45, 2.75) is 13.3 Å². The summed E-state index contributed by atoms with van der Waals surface area (Å²) in [4.78, 5) is 29.2. The molecule has 4 heterocycles. The number of anilines is 1. The van der Waals surface area contributed by atoms with Crippen molar-refractivity contribution in [1.29, 1.82) is 0 Å². The lowest BCUT2D eigenvalue weighted by molar-refractivity contribution is 0.0752. The zero-order valence-electron chi connectivity index (χ0n) is 16.5. The molecule has 3 aromatic heterocycles. The Morgan fingerprint density at radius 1 is 1.10 bits per heavy atom. The fourth-order valence-corrected chi connectivity index (χ4v) is 5.29. The second-order valence-corrected chi connectivity index (χ2v) is 8.95. The lowest BCUT2D eigenvalue weighted by Gasteiger charge is -2.35. The number of hydrogen-bond donors (Lipinski definition) is 0. The number of benzene rings is 1. The summed E-state index contributed by atoms with van der Waals surface area (Å²) in [6, 6.07) is 11.9. The first-order valence-electron chi connectivity index (χ1n) is 9.90. The van der Waals surface area contributed by atoms with Gasteiger partial charge in [0.15, 0.2) is 0 Å². The second kappa shape index (κ2) is 8.08. The summed E-state index contributed by atoms with van der Waals surface area (Å²) < 4.78 is 4.04. The van der Waals surface area contributed by atoms with E-state index in [1.165, 1.54) is 16.4 Å². The minimum atomic E-state index is 0.000130. The van der Waals surface area contributed by atoms with Gasteiger partial charge in [0.05, 0.1) is 5.39 Å². The Morgan fingerprint density at radius 3 is 2.67 bits per heavy atom. The lowest BCUT2D eigenvalue weighted by atomic mass is 10.1. The van der Waals surface area contributed by atoms with Crippen LogP contribution < -0.4 is 4.90 Å². The van der Waals surface area contributed by atoms with Crippen LogP contribution in [0.4, 0.5) is 5.82 Å². The third-order valence-corrected chi connectivity index (χ3v) is 7.21. The Labute approximate surface area is 182 Å². The first-order chi connectivity index (χ1) is 14.7. The molecule has 0 aliphatic carbocycles. The van der Waals surface area contributed by atoms with Gasteiger partial charge in [0, 0.05) is 36.6 Å². The van der Waals surface area contributed by atoms with E-state index in [0.29, 0.717) is 23.7 Å². The molecule has 5 rings (SSSR count). The van der Waals surface area contributed by atoms with Crippen molar-refractivity contribution in [3.63, 3.8) is 0 Å². The van der Waals surface area contributed by atoms with Gasteiger partial charge in [-0.1, -0.05) is 41.7 Å². The fraction of sp³-hybridized carbons (Fsp3) is 0.286. The number of fused-ring (bicyclic) bond motifs is 1. The highest BCUT2D eigenvalue weighted by atomic mass is 32.1. The number of carbonyl (C=O) groups excluding carboxylic acids is 1. The largest absolute Gasteiger partial charge is 0.352 e. The van der Waals surface area contributed by atoms with E-state index in [-0.39, 0.29) is 5.91 Å². The molecule has 1 aromatic carbocycles. The van der Waals surface area contributed by atoms with Crippen molar-refractivity contribution < 1.29 is 4.79 Å². The number of aryl methyl sites for hydroxylation is 1. The van der Waals surface area contributed by atoms with E-state index < -0.39 is 0 Å². The van der Waals surface area contributed by atoms with Crippen LogP contribution in [0.2, 0.25) is 0 Å². The van der Waals surface area contributed by atoms with Crippen molar-refractivity contribution >= 4 is 44.8 Å². The Bertz CT molecular complexity index is 1180. The van der Waals surface area contributed by atoms with Gasteiger partial charge in [-0.05, 0) is 24.0 Å². The second-order valence-electron chi connectivity index (χ2n) is 7.08. The monoisotopic (exact) mass is 436 g/mol. The van der Waals surface area contributed by atoms with Gasteiger partial charge in [0.25, 0.3) is 5.91 Å². The summed E-state index contributed by atoms with van der Waals surface area (Å²) in [5, 5.41) is 5.31. The molecule has 0 saturated carbocycles. The minimum absolute atomic E-state index is 0.000130. The van der Waals surface area contributed by atoms with E-state index in [4.69, 9.17) is 0 Å². The maximum absolute atomic E-state index is 13.2. The Morgan fingerprint density at radius 2 is 1.90 bits per heavy atom. The highest BCUT2D eigenvalue weighted by Gasteiger charge is 2.28. The van der Waals surface area contributed by atoms with Gasteiger partial charge >= 0.3 is 0 Å². The standard InChI is InChI=1S/C21H20N6OS2/c1-2-15-12-16-19(22-13-23-20(16)29-15)26-8-10-27(11-9-26)21(28)18-17(24-25-30-18)14-6-4-3-5-7-14/h3-7,12-13H,2,8-11H2,1H3. The smallest absolute Gasteiger partial charge is 0.268 e. The van der Waals surface area contributed by atoms with Crippen LogP contribution in [-0.2, 0) is 6.42 Å². The third kappa shape index (κ3) is 3.44. The number of hydrogen-bond acceptors (Lipinski definition) is 8. The number of piperazine rings is 1. The number of aromatic nitrogens is 4. The molecule has 0 unspecified atom stereocenters. The van der Waals surface area contributed by atoms with E-state index in [9.17, 15) is 4.79 Å². The van der Waals surface area contributed by atoms with E-state index in [0.717, 1.165) is 41.1 Å². The summed E-state index contributed by atoms with van der Waals surface area (Å²) >= 11 is 2.89. The number of amides is 1. The van der Waals surface area contributed by atoms with Gasteiger partial charge in [-0.15, -0.1) is 16.4 Å². The lowest BCUT2D eigenvalue weighted by Crippen LogP contribution is -2.49. The molecule has 152 valence electrons. The molecule has 1 saturated heterocycles. The van der Waals surface area contributed by atoms with Gasteiger partial charge in [-0.25, -0.2) is 9.97 Å². The number of thiophene rings is 1. The van der Waals surface area contributed by atoms with Gasteiger partial charge < -0.3 is 9.80 Å². The Balaban J connectivity index is 1.33. The van der Waals surface area contributed by atoms with Crippen LogP contribution in [0.25, 0.3) is 21.5 Å². The van der Waals surface area contributed by atoms with Crippen LogP contribution in [0, 0.1) is 0 Å². The Kier molecular flexibility index (Phi) is 5.14. The summed E-state index contributed by atoms with van der Waals surface area (Å²) in [6.07, 6.45) is 2.63. The molecule has 1 aliphatic rings. The van der Waals surface area contributed by atoms with Crippen molar-refractivity contribution in [2.24, 2.45) is 0 Å². The molecular weight excluding hydrogens is 416 g/mol. The van der Waals surface area contributed by atoms with Crippen molar-refractivity contribution in [1.82, 2.24) is 24.5 Å². The van der Waals surface area contributed by atoms with Crippen LogP contribution in [-0.4, -0.2) is 56.5 Å². The maximum atomic E-state index is 13.2. The number of rotatable bonds is 4. The average Bonchev–Trinajstić information content (AvgIpc) is 3.46. The first-order valence-corrected chi connectivity index (χ1v) is 11.5. The van der Waals surface area contributed by atoms with Crippen LogP contribution in [0.3, 0.4) is 0 Å². The molecule has 30 heavy (non-hydrogen) atoms. The van der Waals surface area contributed by atoms with Gasteiger partial charge in [0.1, 0.15) is 27.5 Å². The zero-order chi connectivity index (χ0) is 20.5. The topological polar surface area (TPSA) is 75.1 Å². The molecular formula is C21H20N6OS2. The normalized spacial score (nSPS) is 14.4. The molecule has 0 N–H and O–H groups in total. The Hall–Kier alpha value is -2.91. The van der Waals surface area contributed by atoms with E-state index in [1.807, 2.05) is 35.2 Å². The molecule has 0 spiro atoms. The van der Waals surface area contributed by atoms with E-state index >= 15 is 0 Å². The summed E-state index contributed by atoms with van der Waals surface area (Å²) in [5.41, 5.74) is 1.58. The van der Waals surface area contributed by atoms with Gasteiger partial charge in [0.2, 0.25) is 0 Å². The van der Waals surface area contributed by atoms with Crippen molar-refractivity contribution in [2.75, 3.05) is 31.1 Å². The molecule has 1 amide bonds. The molecule has 9 heteroatoms. The number of nitrogens with zero attached hydrogens (tertiary/aromatic N) is 6.